The van der Waals surface area contributed by atoms with Crippen LogP contribution >= 0.6 is 0 Å². The predicted octanol–water partition coefficient (Wildman–Crippen LogP) is 3.21. The zero-order chi connectivity index (χ0) is 18.8. The second-order valence-corrected chi connectivity index (χ2v) is 6.65. The number of rotatable bonds is 5. The number of aromatic amines is 1. The molecule has 0 spiro atoms. The summed E-state index contributed by atoms with van der Waals surface area (Å²) in [6, 6.07) is 12.7. The van der Waals surface area contributed by atoms with Crippen LogP contribution in [-0.4, -0.2) is 28.3 Å². The third kappa shape index (κ3) is 3.38. The van der Waals surface area contributed by atoms with Gasteiger partial charge < -0.3 is 15.2 Å². The van der Waals surface area contributed by atoms with E-state index in [0.29, 0.717) is 23.5 Å². The number of phenols is 1. The molecule has 6 nitrogen and oxygen atoms in total. The molecular weight excluding hydrogens is 342 g/mol. The highest BCUT2D eigenvalue weighted by atomic mass is 16.5. The number of carbonyl (C=O) groups excluding carboxylic acids is 1. The van der Waals surface area contributed by atoms with E-state index >= 15 is 0 Å². The van der Waals surface area contributed by atoms with Gasteiger partial charge in [-0.25, -0.2) is 0 Å². The Kier molecular flexibility index (Phi) is 4.54. The molecule has 138 valence electrons. The maximum atomic E-state index is 12.5. The molecule has 2 aromatic carbocycles. The van der Waals surface area contributed by atoms with E-state index in [9.17, 15) is 9.90 Å². The van der Waals surface area contributed by atoms with E-state index in [1.54, 1.807) is 31.4 Å². The Bertz CT molecular complexity index is 994. The summed E-state index contributed by atoms with van der Waals surface area (Å²) in [4.78, 5) is 12.5. The first-order valence-corrected chi connectivity index (χ1v) is 8.96. The molecule has 1 heterocycles. The van der Waals surface area contributed by atoms with Crippen LogP contribution in [0.3, 0.4) is 0 Å². The molecule has 0 saturated heterocycles. The fourth-order valence-electron chi connectivity index (χ4n) is 3.52. The molecule has 3 aromatic rings. The lowest BCUT2D eigenvalue weighted by atomic mass is 10.0. The molecule has 0 saturated carbocycles. The van der Waals surface area contributed by atoms with Crippen molar-refractivity contribution in [3.63, 3.8) is 0 Å². The number of aromatic nitrogens is 2. The lowest BCUT2D eigenvalue weighted by molar-refractivity contribution is 0.0945. The third-order valence-electron chi connectivity index (χ3n) is 4.94. The zero-order valence-corrected chi connectivity index (χ0v) is 15.1. The summed E-state index contributed by atoms with van der Waals surface area (Å²) in [5.41, 5.74) is 5.08. The van der Waals surface area contributed by atoms with Crippen molar-refractivity contribution in [2.45, 2.75) is 25.8 Å². The Morgan fingerprint density at radius 1 is 1.22 bits per heavy atom. The highest BCUT2D eigenvalue weighted by Gasteiger charge is 2.17. The van der Waals surface area contributed by atoms with E-state index < -0.39 is 0 Å². The Hall–Kier alpha value is -3.28. The van der Waals surface area contributed by atoms with Crippen molar-refractivity contribution in [3.05, 3.63) is 64.8 Å². The largest absolute Gasteiger partial charge is 0.507 e. The van der Waals surface area contributed by atoms with Crippen molar-refractivity contribution in [1.29, 1.82) is 0 Å². The van der Waals surface area contributed by atoms with Crippen molar-refractivity contribution in [3.8, 4) is 22.8 Å². The van der Waals surface area contributed by atoms with Gasteiger partial charge in [-0.3, -0.25) is 9.89 Å². The van der Waals surface area contributed by atoms with Gasteiger partial charge >= 0.3 is 0 Å². The normalized spacial score (nSPS) is 12.6. The standard InChI is InChI=1S/C21H21N3O3/c1-27-20-10-14-6-4-5-13(14)9-15(20)12-22-21(26)18-11-17(23-24-18)16-7-2-3-8-19(16)25/h2-3,7-11,25H,4-6,12H2,1H3,(H,22,26)(H,23,24). The Labute approximate surface area is 157 Å². The minimum Gasteiger partial charge on any atom is -0.507 e. The lowest BCUT2D eigenvalue weighted by Crippen LogP contribution is -2.23. The summed E-state index contributed by atoms with van der Waals surface area (Å²) in [7, 11) is 1.65. The monoisotopic (exact) mass is 363 g/mol. The average molecular weight is 363 g/mol. The second kappa shape index (κ2) is 7.15. The van der Waals surface area contributed by atoms with E-state index in [-0.39, 0.29) is 11.7 Å². The first-order valence-electron chi connectivity index (χ1n) is 8.96. The van der Waals surface area contributed by atoms with E-state index in [2.05, 4.69) is 27.6 Å². The van der Waals surface area contributed by atoms with Gasteiger partial charge in [0.1, 0.15) is 17.2 Å². The number of ether oxygens (including phenoxy) is 1. The first-order chi connectivity index (χ1) is 13.2. The van der Waals surface area contributed by atoms with E-state index in [0.717, 1.165) is 30.6 Å². The zero-order valence-electron chi connectivity index (χ0n) is 15.1. The van der Waals surface area contributed by atoms with E-state index in [1.807, 2.05) is 6.07 Å². The molecule has 0 unspecified atom stereocenters. The van der Waals surface area contributed by atoms with Crippen molar-refractivity contribution >= 4 is 5.91 Å². The minimum atomic E-state index is -0.258. The van der Waals surface area contributed by atoms with Crippen LogP contribution in [0.5, 0.6) is 11.5 Å². The molecule has 1 aliphatic rings. The van der Waals surface area contributed by atoms with Crippen molar-refractivity contribution < 1.29 is 14.6 Å². The van der Waals surface area contributed by atoms with Gasteiger partial charge in [-0.15, -0.1) is 0 Å². The molecule has 0 fully saturated rings. The quantitative estimate of drug-likeness (QED) is 0.650. The van der Waals surface area contributed by atoms with Crippen LogP contribution in [0.4, 0.5) is 0 Å². The maximum Gasteiger partial charge on any atom is 0.269 e. The molecule has 0 aliphatic heterocycles. The van der Waals surface area contributed by atoms with Crippen molar-refractivity contribution in [1.82, 2.24) is 15.5 Å². The van der Waals surface area contributed by atoms with Gasteiger partial charge in [0, 0.05) is 17.7 Å². The number of hydrogen-bond donors (Lipinski definition) is 3. The molecule has 27 heavy (non-hydrogen) atoms. The summed E-state index contributed by atoms with van der Waals surface area (Å²) in [6.07, 6.45) is 3.32. The summed E-state index contributed by atoms with van der Waals surface area (Å²) in [6.45, 7) is 0.375. The third-order valence-corrected chi connectivity index (χ3v) is 4.94. The molecule has 0 bridgehead atoms. The topological polar surface area (TPSA) is 87.2 Å². The molecule has 0 atom stereocenters. The van der Waals surface area contributed by atoms with Crippen molar-refractivity contribution in [2.75, 3.05) is 7.11 Å². The molecule has 1 aliphatic carbocycles. The number of carbonyl (C=O) groups is 1. The van der Waals surface area contributed by atoms with Gasteiger partial charge in [0.25, 0.3) is 5.91 Å². The fraction of sp³-hybridized carbons (Fsp3) is 0.238. The van der Waals surface area contributed by atoms with Crippen LogP contribution in [0.15, 0.2) is 42.5 Å². The highest BCUT2D eigenvalue weighted by molar-refractivity contribution is 5.93. The van der Waals surface area contributed by atoms with Gasteiger partial charge in [0.2, 0.25) is 0 Å². The molecule has 0 radical (unpaired) electrons. The number of nitrogens with zero attached hydrogens (tertiary/aromatic N) is 1. The number of fused-ring (bicyclic) bond motifs is 1. The summed E-state index contributed by atoms with van der Waals surface area (Å²) < 4.78 is 5.48. The van der Waals surface area contributed by atoms with Crippen LogP contribution in [0.25, 0.3) is 11.3 Å². The summed E-state index contributed by atoms with van der Waals surface area (Å²) in [5.74, 6) is 0.668. The van der Waals surface area contributed by atoms with Gasteiger partial charge in [-0.05, 0) is 54.7 Å². The smallest absolute Gasteiger partial charge is 0.269 e. The molecule has 1 amide bonds. The van der Waals surface area contributed by atoms with E-state index in [4.69, 9.17) is 4.74 Å². The average Bonchev–Trinajstić information content (AvgIpc) is 3.34. The number of amides is 1. The Morgan fingerprint density at radius 3 is 2.78 bits per heavy atom. The predicted molar refractivity (Wildman–Crippen MR) is 102 cm³/mol. The highest BCUT2D eigenvalue weighted by Crippen LogP contribution is 2.30. The molecule has 4 rings (SSSR count). The number of methoxy groups -OCH3 is 1. The van der Waals surface area contributed by atoms with Crippen LogP contribution in [0.2, 0.25) is 0 Å². The molecule has 6 heteroatoms. The van der Waals surface area contributed by atoms with Crippen LogP contribution in [-0.2, 0) is 19.4 Å². The summed E-state index contributed by atoms with van der Waals surface area (Å²) >= 11 is 0. The molecule has 3 N–H and O–H groups in total. The number of hydrogen-bond acceptors (Lipinski definition) is 4. The number of H-pyrrole nitrogens is 1. The Balaban J connectivity index is 1.49. The maximum absolute atomic E-state index is 12.5. The van der Waals surface area contributed by atoms with Gasteiger partial charge in [0.15, 0.2) is 0 Å². The van der Waals surface area contributed by atoms with Gasteiger partial charge in [-0.1, -0.05) is 18.2 Å². The first kappa shape index (κ1) is 17.1. The number of aryl methyl sites for hydroxylation is 2. The van der Waals surface area contributed by atoms with E-state index in [1.165, 1.54) is 11.1 Å². The molecule has 1 aromatic heterocycles. The lowest BCUT2D eigenvalue weighted by Gasteiger charge is -2.12. The fourth-order valence-corrected chi connectivity index (χ4v) is 3.52. The van der Waals surface area contributed by atoms with Crippen LogP contribution in [0, 0.1) is 0 Å². The number of phenolic OH excluding ortho intramolecular Hbond substituents is 1. The van der Waals surface area contributed by atoms with Gasteiger partial charge in [-0.2, -0.15) is 5.10 Å². The minimum absolute atomic E-state index is 0.124. The molecular formula is C21H21N3O3. The summed E-state index contributed by atoms with van der Waals surface area (Å²) in [5, 5.41) is 19.7. The number of aromatic hydroxyl groups is 1. The Morgan fingerprint density at radius 2 is 2.00 bits per heavy atom. The van der Waals surface area contributed by atoms with Crippen molar-refractivity contribution in [2.24, 2.45) is 0 Å². The van der Waals surface area contributed by atoms with Gasteiger partial charge in [0.05, 0.1) is 12.8 Å². The number of nitrogens with one attached hydrogen (secondary N) is 2. The second-order valence-electron chi connectivity index (χ2n) is 6.65. The number of benzene rings is 2. The number of para-hydroxylation sites is 1. The van der Waals surface area contributed by atoms with Crippen LogP contribution in [0.1, 0.15) is 33.6 Å². The van der Waals surface area contributed by atoms with Crippen LogP contribution < -0.4 is 10.1 Å². The SMILES string of the molecule is COc1cc2c(cc1CNC(=O)c1cc(-c3ccccc3O)n[nH]1)CCC2.